The normalized spacial score (nSPS) is 12.3. The number of halogens is 3. The Kier molecular flexibility index (Phi) is 3.54. The minimum absolute atomic E-state index is 0.212. The number of benzene rings is 2. The monoisotopic (exact) mass is 319 g/mol. The van der Waals surface area contributed by atoms with Crippen molar-refractivity contribution in [3.63, 3.8) is 0 Å². The van der Waals surface area contributed by atoms with Crippen molar-refractivity contribution in [3.05, 3.63) is 46.8 Å². The van der Waals surface area contributed by atoms with Gasteiger partial charge in [0.05, 0.1) is 5.39 Å². The number of fused-ring (bicyclic) bond motifs is 2. The highest BCUT2D eigenvalue weighted by atomic mass is 19.4. The van der Waals surface area contributed by atoms with Crippen molar-refractivity contribution in [1.29, 1.82) is 0 Å². The third-order valence-corrected chi connectivity index (χ3v) is 4.35. The molecule has 0 spiro atoms. The summed E-state index contributed by atoms with van der Waals surface area (Å²) >= 11 is 0. The predicted molar refractivity (Wildman–Crippen MR) is 84.3 cm³/mol. The highest BCUT2D eigenvalue weighted by Crippen LogP contribution is 2.37. The van der Waals surface area contributed by atoms with Gasteiger partial charge in [-0.1, -0.05) is 35.4 Å². The highest BCUT2D eigenvalue weighted by molar-refractivity contribution is 6.03. The summed E-state index contributed by atoms with van der Waals surface area (Å²) in [6, 6.07) is 7.68. The van der Waals surface area contributed by atoms with E-state index >= 15 is 0 Å². The molecule has 0 aliphatic carbocycles. The summed E-state index contributed by atoms with van der Waals surface area (Å²) < 4.78 is 41.9. The molecule has 2 aromatic carbocycles. The van der Waals surface area contributed by atoms with Crippen LogP contribution in [0.4, 0.5) is 13.2 Å². The Morgan fingerprint density at radius 3 is 2.39 bits per heavy atom. The summed E-state index contributed by atoms with van der Waals surface area (Å²) in [6.07, 6.45) is -3.86. The van der Waals surface area contributed by atoms with Crippen LogP contribution in [0.5, 0.6) is 0 Å². The van der Waals surface area contributed by atoms with Crippen LogP contribution < -0.4 is 4.68 Å². The Balaban J connectivity index is 2.60. The summed E-state index contributed by atoms with van der Waals surface area (Å²) in [7, 11) is 1.57. The fourth-order valence-corrected chi connectivity index (χ4v) is 3.29. The molecule has 1 aromatic heterocycles. The molecular formula is C18H18F3N2+. The lowest BCUT2D eigenvalue weighted by Gasteiger charge is -2.14. The molecule has 0 radical (unpaired) electrons. The second-order valence-electron chi connectivity index (χ2n) is 5.92. The Hall–Kier alpha value is -2.17. The fraction of sp³-hybridized carbons (Fsp3) is 0.333. The Morgan fingerprint density at radius 2 is 1.78 bits per heavy atom. The van der Waals surface area contributed by atoms with Crippen molar-refractivity contribution in [3.8, 4) is 0 Å². The molecule has 23 heavy (non-hydrogen) atoms. The first-order chi connectivity index (χ1) is 10.7. The first-order valence-electron chi connectivity index (χ1n) is 7.54. The van der Waals surface area contributed by atoms with Gasteiger partial charge >= 0.3 is 6.18 Å². The second kappa shape index (κ2) is 5.18. The van der Waals surface area contributed by atoms with E-state index in [1.807, 2.05) is 38.1 Å². The van der Waals surface area contributed by atoms with Crippen LogP contribution in [0.15, 0.2) is 24.3 Å². The van der Waals surface area contributed by atoms with E-state index in [1.54, 1.807) is 14.0 Å². The molecular weight excluding hydrogens is 301 g/mol. The number of alkyl halides is 3. The summed E-state index contributed by atoms with van der Waals surface area (Å²) in [5.41, 5.74) is 1.71. The summed E-state index contributed by atoms with van der Waals surface area (Å²) in [6.45, 7) is 5.66. The molecule has 120 valence electrons. The van der Waals surface area contributed by atoms with Gasteiger partial charge in [0.15, 0.2) is 7.05 Å². The predicted octanol–water partition coefficient (Wildman–Crippen LogP) is 4.41. The molecule has 2 nitrogen and oxygen atoms in total. The van der Waals surface area contributed by atoms with Gasteiger partial charge in [0.25, 0.3) is 0 Å². The van der Waals surface area contributed by atoms with Crippen LogP contribution in [0.25, 0.3) is 21.5 Å². The number of hydrogen-bond donors (Lipinski definition) is 0. The van der Waals surface area contributed by atoms with E-state index in [9.17, 15) is 13.2 Å². The zero-order chi connectivity index (χ0) is 16.9. The molecule has 1 heterocycles. The summed E-state index contributed by atoms with van der Waals surface area (Å²) in [4.78, 5) is 0. The van der Waals surface area contributed by atoms with Crippen molar-refractivity contribution in [1.82, 2.24) is 5.10 Å². The van der Waals surface area contributed by atoms with Gasteiger partial charge < -0.3 is 0 Å². The minimum atomic E-state index is -4.48. The standard InChI is InChI=1S/C18H18F3N2/c1-5-15-14-9-12-8-10(2)6-7-13(12)11(3)16(14)17(18(19,20)21)22-23(15)4/h6-9H,5H2,1-4H3/q+1. The van der Waals surface area contributed by atoms with Crippen molar-refractivity contribution in [2.45, 2.75) is 33.4 Å². The van der Waals surface area contributed by atoms with Crippen LogP contribution in [0.1, 0.15) is 29.4 Å². The van der Waals surface area contributed by atoms with Crippen LogP contribution in [-0.4, -0.2) is 5.10 Å². The summed E-state index contributed by atoms with van der Waals surface area (Å²) in [5, 5.41) is 6.47. The van der Waals surface area contributed by atoms with E-state index < -0.39 is 11.9 Å². The first-order valence-corrected chi connectivity index (χ1v) is 7.54. The smallest absolute Gasteiger partial charge is 0.164 e. The molecule has 0 saturated carbocycles. The number of aromatic nitrogens is 2. The topological polar surface area (TPSA) is 16.8 Å². The Bertz CT molecular complexity index is 927. The Labute approximate surface area is 132 Å². The molecule has 0 atom stereocenters. The lowest BCUT2D eigenvalue weighted by atomic mass is 9.94. The van der Waals surface area contributed by atoms with Gasteiger partial charge in [0.2, 0.25) is 11.4 Å². The van der Waals surface area contributed by atoms with Gasteiger partial charge in [-0.15, -0.1) is 0 Å². The lowest BCUT2D eigenvalue weighted by molar-refractivity contribution is -0.737. The lowest BCUT2D eigenvalue weighted by Crippen LogP contribution is -2.40. The molecule has 0 amide bonds. The molecule has 0 aliphatic heterocycles. The van der Waals surface area contributed by atoms with Gasteiger partial charge in [-0.3, -0.25) is 0 Å². The number of rotatable bonds is 1. The van der Waals surface area contributed by atoms with Crippen LogP contribution in [0, 0.1) is 13.8 Å². The SMILES string of the molecule is CCc1c2cc3cc(C)ccc3c(C)c2c(C(F)(F)F)n[n+]1C. The van der Waals surface area contributed by atoms with Crippen molar-refractivity contribution in [2.75, 3.05) is 0 Å². The van der Waals surface area contributed by atoms with E-state index in [4.69, 9.17) is 0 Å². The second-order valence-corrected chi connectivity index (χ2v) is 5.92. The van der Waals surface area contributed by atoms with Gasteiger partial charge in [-0.25, -0.2) is 0 Å². The average molecular weight is 319 g/mol. The van der Waals surface area contributed by atoms with Crippen molar-refractivity contribution < 1.29 is 17.9 Å². The molecule has 0 aliphatic rings. The number of nitrogens with zero attached hydrogens (tertiary/aromatic N) is 2. The molecule has 3 aromatic rings. The van der Waals surface area contributed by atoms with Crippen LogP contribution >= 0.6 is 0 Å². The van der Waals surface area contributed by atoms with Gasteiger partial charge in [0.1, 0.15) is 0 Å². The molecule has 0 saturated heterocycles. The van der Waals surface area contributed by atoms with Crippen LogP contribution in [-0.2, 0) is 19.6 Å². The maximum absolute atomic E-state index is 13.5. The average Bonchev–Trinajstić information content (AvgIpc) is 2.45. The molecule has 5 heteroatoms. The zero-order valence-corrected chi connectivity index (χ0v) is 13.5. The number of hydrogen-bond acceptors (Lipinski definition) is 1. The quantitative estimate of drug-likeness (QED) is 0.479. The Morgan fingerprint density at radius 1 is 1.09 bits per heavy atom. The van der Waals surface area contributed by atoms with Gasteiger partial charge in [-0.05, 0) is 36.2 Å². The minimum Gasteiger partial charge on any atom is -0.164 e. The van der Waals surface area contributed by atoms with E-state index in [0.29, 0.717) is 17.4 Å². The third-order valence-electron chi connectivity index (χ3n) is 4.35. The van der Waals surface area contributed by atoms with Gasteiger partial charge in [0, 0.05) is 16.9 Å². The largest absolute Gasteiger partial charge is 0.439 e. The molecule has 3 rings (SSSR count). The highest BCUT2D eigenvalue weighted by Gasteiger charge is 2.39. The van der Waals surface area contributed by atoms with E-state index in [1.165, 1.54) is 4.68 Å². The van der Waals surface area contributed by atoms with Crippen molar-refractivity contribution in [2.24, 2.45) is 7.05 Å². The number of aryl methyl sites for hydroxylation is 4. The maximum atomic E-state index is 13.5. The van der Waals surface area contributed by atoms with E-state index in [0.717, 1.165) is 22.0 Å². The molecule has 0 bridgehead atoms. The summed E-state index contributed by atoms with van der Waals surface area (Å²) in [5.74, 6) is 0. The van der Waals surface area contributed by atoms with E-state index in [-0.39, 0.29) is 5.39 Å². The van der Waals surface area contributed by atoms with Crippen molar-refractivity contribution >= 4 is 21.5 Å². The third kappa shape index (κ3) is 2.44. The fourth-order valence-electron chi connectivity index (χ4n) is 3.29. The van der Waals surface area contributed by atoms with Crippen LogP contribution in [0.3, 0.4) is 0 Å². The van der Waals surface area contributed by atoms with E-state index in [2.05, 4.69) is 5.10 Å². The maximum Gasteiger partial charge on any atom is 0.439 e. The zero-order valence-electron chi connectivity index (χ0n) is 13.5. The van der Waals surface area contributed by atoms with Gasteiger partial charge in [-0.2, -0.15) is 13.2 Å². The molecule has 0 fully saturated rings. The molecule has 0 unspecified atom stereocenters. The first kappa shape index (κ1) is 15.7. The molecule has 0 N–H and O–H groups in total. The van der Waals surface area contributed by atoms with Crippen LogP contribution in [0.2, 0.25) is 0 Å².